The Morgan fingerprint density at radius 1 is 1.29 bits per heavy atom. The number of carbonyl (C=O) groups excluding carboxylic acids is 1. The number of aromatic amines is 1. The molecule has 1 aliphatic rings. The van der Waals surface area contributed by atoms with Crippen LogP contribution in [-0.4, -0.2) is 52.8 Å². The summed E-state index contributed by atoms with van der Waals surface area (Å²) < 4.78 is 5.00. The predicted molar refractivity (Wildman–Crippen MR) is 89.8 cm³/mol. The second-order valence-corrected chi connectivity index (χ2v) is 5.90. The Labute approximate surface area is 140 Å². The third-order valence-electron chi connectivity index (χ3n) is 4.40. The molecular formula is C17H22N4O3. The van der Waals surface area contributed by atoms with Crippen molar-refractivity contribution in [2.24, 2.45) is 5.92 Å². The van der Waals surface area contributed by atoms with Crippen molar-refractivity contribution in [1.82, 2.24) is 15.4 Å². The second kappa shape index (κ2) is 7.44. The molecule has 1 saturated heterocycles. The molecule has 7 heteroatoms. The molecule has 24 heavy (non-hydrogen) atoms. The zero-order valence-corrected chi connectivity index (χ0v) is 13.7. The fraction of sp³-hybridized carbons (Fsp3) is 0.471. The van der Waals surface area contributed by atoms with Gasteiger partial charge < -0.3 is 14.7 Å². The predicted octanol–water partition coefficient (Wildman–Crippen LogP) is 1.86. The normalized spacial score (nSPS) is 15.5. The first kappa shape index (κ1) is 16.4. The van der Waals surface area contributed by atoms with E-state index >= 15 is 0 Å². The van der Waals surface area contributed by atoms with E-state index in [1.807, 2.05) is 24.3 Å². The number of ether oxygens (including phenoxy) is 1. The van der Waals surface area contributed by atoms with Gasteiger partial charge in [-0.15, -0.1) is 5.10 Å². The molecular weight excluding hydrogens is 308 g/mol. The van der Waals surface area contributed by atoms with E-state index < -0.39 is 5.97 Å². The minimum Gasteiger partial charge on any atom is -0.461 e. The highest BCUT2D eigenvalue weighted by Crippen LogP contribution is 2.27. The molecule has 128 valence electrons. The van der Waals surface area contributed by atoms with Crippen molar-refractivity contribution in [2.75, 3.05) is 31.2 Å². The Balaban J connectivity index is 1.74. The average Bonchev–Trinajstić information content (AvgIpc) is 3.12. The van der Waals surface area contributed by atoms with Gasteiger partial charge in [0, 0.05) is 30.9 Å². The number of nitrogens with zero attached hydrogens (tertiary/aromatic N) is 3. The standard InChI is InChI=1S/C17H22N4O3/c1-2-24-17(23)16-15(18-20-19-16)13-3-5-14(6-4-13)21-9-7-12(11-22)8-10-21/h3-6,12,22H,2,7-11H2,1H3,(H,18,19,20). The third kappa shape index (κ3) is 3.41. The average molecular weight is 330 g/mol. The number of hydrogen-bond donors (Lipinski definition) is 2. The number of aromatic nitrogens is 3. The van der Waals surface area contributed by atoms with Crippen LogP contribution in [0.15, 0.2) is 24.3 Å². The summed E-state index contributed by atoms with van der Waals surface area (Å²) in [5.41, 5.74) is 2.66. The molecule has 2 aromatic rings. The van der Waals surface area contributed by atoms with Crippen molar-refractivity contribution in [3.8, 4) is 11.3 Å². The summed E-state index contributed by atoms with van der Waals surface area (Å²) in [7, 11) is 0. The third-order valence-corrected chi connectivity index (χ3v) is 4.40. The van der Waals surface area contributed by atoms with Gasteiger partial charge in [0.1, 0.15) is 5.69 Å². The highest BCUT2D eigenvalue weighted by molar-refractivity contribution is 5.93. The van der Waals surface area contributed by atoms with Crippen molar-refractivity contribution < 1.29 is 14.6 Å². The molecule has 0 radical (unpaired) electrons. The van der Waals surface area contributed by atoms with Crippen molar-refractivity contribution in [2.45, 2.75) is 19.8 Å². The van der Waals surface area contributed by atoms with Crippen LogP contribution in [0.5, 0.6) is 0 Å². The molecule has 0 spiro atoms. The monoisotopic (exact) mass is 330 g/mol. The van der Waals surface area contributed by atoms with Gasteiger partial charge in [0.2, 0.25) is 0 Å². The minimum atomic E-state index is -0.476. The van der Waals surface area contributed by atoms with Crippen molar-refractivity contribution in [3.63, 3.8) is 0 Å². The van der Waals surface area contributed by atoms with Crippen LogP contribution in [0.25, 0.3) is 11.3 Å². The van der Waals surface area contributed by atoms with Gasteiger partial charge in [0.05, 0.1) is 6.61 Å². The number of aliphatic hydroxyl groups is 1. The Morgan fingerprint density at radius 3 is 2.62 bits per heavy atom. The smallest absolute Gasteiger partial charge is 0.361 e. The molecule has 0 saturated carbocycles. The number of nitrogens with one attached hydrogen (secondary N) is 1. The molecule has 0 atom stereocenters. The first-order valence-electron chi connectivity index (χ1n) is 8.27. The van der Waals surface area contributed by atoms with Gasteiger partial charge in [-0.1, -0.05) is 12.1 Å². The van der Waals surface area contributed by atoms with E-state index in [1.54, 1.807) is 6.92 Å². The maximum atomic E-state index is 11.9. The number of carbonyl (C=O) groups is 1. The maximum Gasteiger partial charge on any atom is 0.361 e. The van der Waals surface area contributed by atoms with Crippen LogP contribution in [0.4, 0.5) is 5.69 Å². The van der Waals surface area contributed by atoms with Crippen LogP contribution in [0.2, 0.25) is 0 Å². The van der Waals surface area contributed by atoms with Gasteiger partial charge in [-0.3, -0.25) is 0 Å². The molecule has 1 fully saturated rings. The van der Waals surface area contributed by atoms with Gasteiger partial charge in [0.25, 0.3) is 0 Å². The number of anilines is 1. The minimum absolute atomic E-state index is 0.202. The number of H-pyrrole nitrogens is 1. The molecule has 0 bridgehead atoms. The van der Waals surface area contributed by atoms with Crippen molar-refractivity contribution in [1.29, 1.82) is 0 Å². The summed E-state index contributed by atoms with van der Waals surface area (Å²) in [4.78, 5) is 14.2. The lowest BCUT2D eigenvalue weighted by Gasteiger charge is -2.32. The highest BCUT2D eigenvalue weighted by Gasteiger charge is 2.21. The van der Waals surface area contributed by atoms with Crippen molar-refractivity contribution >= 4 is 11.7 Å². The summed E-state index contributed by atoms with van der Waals surface area (Å²) in [6.45, 7) is 4.22. The van der Waals surface area contributed by atoms with E-state index in [1.165, 1.54) is 0 Å². The second-order valence-electron chi connectivity index (χ2n) is 5.90. The molecule has 1 aliphatic heterocycles. The zero-order chi connectivity index (χ0) is 16.9. The summed E-state index contributed by atoms with van der Waals surface area (Å²) in [5, 5.41) is 19.7. The SMILES string of the molecule is CCOC(=O)c1n[nH]nc1-c1ccc(N2CCC(CO)CC2)cc1. The first-order valence-corrected chi connectivity index (χ1v) is 8.27. The largest absolute Gasteiger partial charge is 0.461 e. The first-order chi connectivity index (χ1) is 11.7. The molecule has 3 rings (SSSR count). The summed E-state index contributed by atoms with van der Waals surface area (Å²) in [6.07, 6.45) is 2.02. The van der Waals surface area contributed by atoms with Gasteiger partial charge in [-0.25, -0.2) is 4.79 Å². The van der Waals surface area contributed by atoms with Crippen LogP contribution in [0.3, 0.4) is 0 Å². The van der Waals surface area contributed by atoms with Gasteiger partial charge >= 0.3 is 5.97 Å². The van der Waals surface area contributed by atoms with Gasteiger partial charge in [0.15, 0.2) is 5.69 Å². The maximum absolute atomic E-state index is 11.9. The lowest BCUT2D eigenvalue weighted by Crippen LogP contribution is -2.34. The number of piperidine rings is 1. The number of esters is 1. The highest BCUT2D eigenvalue weighted by atomic mass is 16.5. The molecule has 7 nitrogen and oxygen atoms in total. The van der Waals surface area contributed by atoms with Crippen LogP contribution in [0, 0.1) is 5.92 Å². The van der Waals surface area contributed by atoms with Crippen LogP contribution >= 0.6 is 0 Å². The van der Waals surface area contributed by atoms with Crippen molar-refractivity contribution in [3.05, 3.63) is 30.0 Å². The number of aliphatic hydroxyl groups excluding tert-OH is 1. The van der Waals surface area contributed by atoms with E-state index in [2.05, 4.69) is 20.3 Å². The fourth-order valence-electron chi connectivity index (χ4n) is 2.98. The number of hydrogen-bond acceptors (Lipinski definition) is 6. The fourth-order valence-corrected chi connectivity index (χ4v) is 2.98. The Hall–Kier alpha value is -2.41. The van der Waals surface area contributed by atoms with E-state index in [-0.39, 0.29) is 12.3 Å². The van der Waals surface area contributed by atoms with E-state index in [4.69, 9.17) is 4.74 Å². The van der Waals surface area contributed by atoms with E-state index in [9.17, 15) is 9.90 Å². The zero-order valence-electron chi connectivity index (χ0n) is 13.7. The number of rotatable bonds is 5. The Morgan fingerprint density at radius 2 is 2.00 bits per heavy atom. The molecule has 1 aromatic heterocycles. The molecule has 0 amide bonds. The lowest BCUT2D eigenvalue weighted by atomic mass is 9.97. The molecule has 2 N–H and O–H groups in total. The van der Waals surface area contributed by atoms with Crippen LogP contribution in [-0.2, 0) is 4.74 Å². The quantitative estimate of drug-likeness (QED) is 0.813. The Kier molecular flexibility index (Phi) is 5.10. The molecule has 2 heterocycles. The molecule has 1 aromatic carbocycles. The lowest BCUT2D eigenvalue weighted by molar-refractivity contribution is 0.0520. The van der Waals surface area contributed by atoms with Gasteiger partial charge in [-0.05, 0) is 37.8 Å². The Bertz CT molecular complexity index is 675. The molecule has 0 unspecified atom stereocenters. The summed E-state index contributed by atoms with van der Waals surface area (Å²) in [5.74, 6) is -0.0563. The van der Waals surface area contributed by atoms with Crippen LogP contribution < -0.4 is 4.90 Å². The summed E-state index contributed by atoms with van der Waals surface area (Å²) in [6, 6.07) is 7.93. The van der Waals surface area contributed by atoms with E-state index in [0.717, 1.165) is 37.2 Å². The summed E-state index contributed by atoms with van der Waals surface area (Å²) >= 11 is 0. The van der Waals surface area contributed by atoms with Gasteiger partial charge in [-0.2, -0.15) is 10.3 Å². The topological polar surface area (TPSA) is 91.3 Å². The number of benzene rings is 1. The van der Waals surface area contributed by atoms with E-state index in [0.29, 0.717) is 18.2 Å². The molecule has 0 aliphatic carbocycles. The van der Waals surface area contributed by atoms with Crippen LogP contribution in [0.1, 0.15) is 30.3 Å².